The molecule has 1 fully saturated rings. The van der Waals surface area contributed by atoms with Gasteiger partial charge in [0.1, 0.15) is 0 Å². The fourth-order valence-electron chi connectivity index (χ4n) is 5.61. The summed E-state index contributed by atoms with van der Waals surface area (Å²) < 4.78 is 0. The van der Waals surface area contributed by atoms with E-state index in [0.29, 0.717) is 10.8 Å². The largest absolute Gasteiger partial charge is 0.393 e. The highest BCUT2D eigenvalue weighted by Crippen LogP contribution is 2.66. The second-order valence-electron chi connectivity index (χ2n) is 13.1. The van der Waals surface area contributed by atoms with Crippen molar-refractivity contribution in [1.82, 2.24) is 0 Å². The van der Waals surface area contributed by atoms with Gasteiger partial charge in [-0.2, -0.15) is 0 Å². The van der Waals surface area contributed by atoms with Crippen LogP contribution in [0.4, 0.5) is 0 Å². The van der Waals surface area contributed by atoms with E-state index in [4.69, 9.17) is 0 Å². The lowest BCUT2D eigenvalue weighted by atomic mass is 9.71. The Morgan fingerprint density at radius 1 is 0.769 bits per heavy atom. The van der Waals surface area contributed by atoms with Gasteiger partial charge in [-0.25, -0.2) is 0 Å². The van der Waals surface area contributed by atoms with Crippen LogP contribution in [-0.2, 0) is 0 Å². The second kappa shape index (κ2) is 14.1. The average molecular weight is 527 g/mol. The van der Waals surface area contributed by atoms with Gasteiger partial charge in [0.25, 0.3) is 0 Å². The minimum Gasteiger partial charge on any atom is -0.393 e. The number of hydrogen-bond donors (Lipinski definition) is 1. The van der Waals surface area contributed by atoms with E-state index >= 15 is 0 Å². The molecule has 3 atom stereocenters. The first-order chi connectivity index (χ1) is 18.2. The van der Waals surface area contributed by atoms with Gasteiger partial charge in [-0.15, -0.1) is 0 Å². The van der Waals surface area contributed by atoms with E-state index in [9.17, 15) is 5.11 Å². The summed E-state index contributed by atoms with van der Waals surface area (Å²) in [5.74, 6) is 0. The number of aliphatic hydroxyl groups excluding tert-OH is 1. The van der Waals surface area contributed by atoms with E-state index in [1.54, 1.807) is 0 Å². The van der Waals surface area contributed by atoms with Gasteiger partial charge in [0, 0.05) is 0 Å². The van der Waals surface area contributed by atoms with Gasteiger partial charge in [-0.1, -0.05) is 148 Å². The Morgan fingerprint density at radius 2 is 1.26 bits per heavy atom. The summed E-state index contributed by atoms with van der Waals surface area (Å²) in [6.45, 7) is 22.2. The Morgan fingerprint density at radius 3 is 1.74 bits per heavy atom. The molecular formula is C38H54O. The van der Waals surface area contributed by atoms with Gasteiger partial charge in [0.05, 0.1) is 6.10 Å². The molecule has 1 nitrogen and oxygen atoms in total. The molecule has 1 N–H and O–H groups in total. The van der Waals surface area contributed by atoms with Crippen LogP contribution in [0.2, 0.25) is 0 Å². The quantitative estimate of drug-likeness (QED) is 0.265. The number of hydrogen-bond acceptors (Lipinski definition) is 1. The van der Waals surface area contributed by atoms with Gasteiger partial charge in [0.15, 0.2) is 0 Å². The summed E-state index contributed by atoms with van der Waals surface area (Å²) in [5, 5.41) is 10.1. The van der Waals surface area contributed by atoms with Crippen LogP contribution in [0.3, 0.4) is 0 Å². The van der Waals surface area contributed by atoms with Crippen molar-refractivity contribution >= 4 is 0 Å². The molecule has 0 spiro atoms. The summed E-state index contributed by atoms with van der Waals surface area (Å²) in [4.78, 5) is 0. The Hall–Kier alpha value is -2.64. The predicted octanol–water partition coefficient (Wildman–Crippen LogP) is 10.9. The third kappa shape index (κ3) is 10.1. The molecule has 2 rings (SSSR count). The van der Waals surface area contributed by atoms with Crippen LogP contribution in [0.5, 0.6) is 0 Å². The summed E-state index contributed by atoms with van der Waals surface area (Å²) in [6.07, 6.45) is 34.3. The maximum Gasteiger partial charge on any atom is 0.0585 e. The molecule has 1 heteroatoms. The van der Waals surface area contributed by atoms with Crippen LogP contribution in [0.15, 0.2) is 119 Å². The minimum absolute atomic E-state index is 0.0150. The highest BCUT2D eigenvalue weighted by atomic mass is 16.3. The van der Waals surface area contributed by atoms with E-state index in [1.807, 2.05) is 0 Å². The van der Waals surface area contributed by atoms with E-state index < -0.39 is 0 Å². The summed E-state index contributed by atoms with van der Waals surface area (Å²) >= 11 is 0. The van der Waals surface area contributed by atoms with Gasteiger partial charge >= 0.3 is 0 Å². The molecule has 0 aromatic carbocycles. The second-order valence-corrected chi connectivity index (χ2v) is 13.1. The van der Waals surface area contributed by atoms with Gasteiger partial charge < -0.3 is 5.11 Å². The number of rotatable bonds is 11. The summed E-state index contributed by atoms with van der Waals surface area (Å²) in [7, 11) is 0. The maximum atomic E-state index is 10.1. The molecule has 0 radical (unpaired) electrons. The third-order valence-corrected chi connectivity index (χ3v) is 8.76. The SMILES string of the molecule is CCC1(C)C[C@@]1(C)/C=C/C(C)=C/C=C/C(C)=C/C=C/C=C(C)/C=C/C=C(C)/C=C/C1=C(C)C[C@@H](O)CC1(C)C. The zero-order chi connectivity index (χ0) is 29.3. The van der Waals surface area contributed by atoms with Crippen LogP contribution in [-0.4, -0.2) is 11.2 Å². The lowest BCUT2D eigenvalue weighted by Crippen LogP contribution is -2.28. The van der Waals surface area contributed by atoms with Crippen molar-refractivity contribution in [2.75, 3.05) is 0 Å². The Labute approximate surface area is 240 Å². The molecule has 212 valence electrons. The Bertz CT molecular complexity index is 1170. The predicted molar refractivity (Wildman–Crippen MR) is 174 cm³/mol. The smallest absolute Gasteiger partial charge is 0.0585 e. The molecule has 1 unspecified atom stereocenters. The molecule has 0 aliphatic heterocycles. The molecule has 1 saturated carbocycles. The molecule has 2 aliphatic carbocycles. The van der Waals surface area contributed by atoms with Crippen molar-refractivity contribution in [2.45, 2.75) is 101 Å². The van der Waals surface area contributed by atoms with Gasteiger partial charge in [-0.05, 0) is 82.1 Å². The van der Waals surface area contributed by atoms with Crippen molar-refractivity contribution in [1.29, 1.82) is 0 Å². The lowest BCUT2D eigenvalue weighted by Gasteiger charge is -2.35. The van der Waals surface area contributed by atoms with Crippen molar-refractivity contribution in [3.63, 3.8) is 0 Å². The van der Waals surface area contributed by atoms with Crippen molar-refractivity contribution in [3.05, 3.63) is 119 Å². The van der Waals surface area contributed by atoms with Crippen LogP contribution >= 0.6 is 0 Å². The molecule has 0 heterocycles. The number of aliphatic hydroxyl groups is 1. The molecule has 0 bridgehead atoms. The molecule has 0 aromatic rings. The van der Waals surface area contributed by atoms with E-state index in [-0.39, 0.29) is 11.5 Å². The molecule has 2 aliphatic rings. The first-order valence-corrected chi connectivity index (χ1v) is 14.7. The van der Waals surface area contributed by atoms with Crippen LogP contribution < -0.4 is 0 Å². The first kappa shape index (κ1) is 32.6. The minimum atomic E-state index is -0.219. The molecule has 0 amide bonds. The topological polar surface area (TPSA) is 20.2 Å². The Balaban J connectivity index is 1.86. The highest BCUT2D eigenvalue weighted by molar-refractivity contribution is 5.38. The van der Waals surface area contributed by atoms with Gasteiger partial charge in [-0.3, -0.25) is 0 Å². The molecule has 0 aromatic heterocycles. The highest BCUT2D eigenvalue weighted by Gasteiger charge is 2.57. The van der Waals surface area contributed by atoms with E-state index in [1.165, 1.54) is 46.3 Å². The normalized spacial score (nSPS) is 29.4. The Kier molecular flexibility index (Phi) is 11.8. The monoisotopic (exact) mass is 526 g/mol. The molecular weight excluding hydrogens is 472 g/mol. The fraction of sp³-hybridized carbons (Fsp3) is 0.474. The standard InChI is InChI=1S/C38H54O/c1-11-37(9)28-38(37,10)25-24-32(5)21-15-19-30(3)17-13-12-16-29(2)18-14-20-31(4)22-23-35-33(6)26-34(39)27-36(35,7)8/h12-25,34,39H,11,26-28H2,1-10H3/b13-12+,18-14+,19-15+,23-22+,25-24+,29-16+,30-17+,31-20+,32-21+/t34-,37?,38-/m1/s1. The number of allylic oxidation sites excluding steroid dienone is 19. The van der Waals surface area contributed by atoms with Gasteiger partial charge in [0.2, 0.25) is 0 Å². The van der Waals surface area contributed by atoms with Crippen LogP contribution in [0, 0.1) is 16.2 Å². The molecule has 0 saturated heterocycles. The molecule has 39 heavy (non-hydrogen) atoms. The lowest BCUT2D eigenvalue weighted by molar-refractivity contribution is 0.116. The van der Waals surface area contributed by atoms with Crippen LogP contribution in [0.25, 0.3) is 0 Å². The zero-order valence-electron chi connectivity index (χ0n) is 26.4. The van der Waals surface area contributed by atoms with E-state index in [2.05, 4.69) is 154 Å². The zero-order valence-corrected chi connectivity index (χ0v) is 26.4. The van der Waals surface area contributed by atoms with Crippen molar-refractivity contribution < 1.29 is 5.11 Å². The summed E-state index contributed by atoms with van der Waals surface area (Å²) in [6, 6.07) is 0. The average Bonchev–Trinajstić information content (AvgIpc) is 3.40. The summed E-state index contributed by atoms with van der Waals surface area (Å²) in [5.41, 5.74) is 8.44. The maximum absolute atomic E-state index is 10.1. The van der Waals surface area contributed by atoms with Crippen LogP contribution in [0.1, 0.15) is 94.9 Å². The van der Waals surface area contributed by atoms with Crippen molar-refractivity contribution in [2.24, 2.45) is 16.2 Å². The van der Waals surface area contributed by atoms with E-state index in [0.717, 1.165) is 12.8 Å². The van der Waals surface area contributed by atoms with Crippen molar-refractivity contribution in [3.8, 4) is 0 Å². The fourth-order valence-corrected chi connectivity index (χ4v) is 5.61. The first-order valence-electron chi connectivity index (χ1n) is 14.7. The third-order valence-electron chi connectivity index (χ3n) is 8.76.